The van der Waals surface area contributed by atoms with Gasteiger partial charge in [0.25, 0.3) is 5.91 Å². The fourth-order valence-corrected chi connectivity index (χ4v) is 3.43. The number of piperidine rings is 1. The fourth-order valence-electron chi connectivity index (χ4n) is 2.38. The first-order chi connectivity index (χ1) is 10.0. The number of carbonyl (C=O) groups excluding carboxylic acids is 1. The minimum atomic E-state index is -0.991. The zero-order valence-electron chi connectivity index (χ0n) is 12.2. The van der Waals surface area contributed by atoms with Gasteiger partial charge in [-0.25, -0.2) is 4.79 Å². The molecule has 2 heterocycles. The van der Waals surface area contributed by atoms with Crippen molar-refractivity contribution in [3.05, 3.63) is 27.5 Å². The molecule has 1 aliphatic heterocycles. The van der Waals surface area contributed by atoms with Gasteiger partial charge in [0.2, 0.25) is 0 Å². The summed E-state index contributed by atoms with van der Waals surface area (Å²) >= 11 is 1.33. The van der Waals surface area contributed by atoms with Crippen LogP contribution in [-0.2, 0) is 9.53 Å². The molecule has 0 aromatic carbocycles. The molecule has 1 aromatic heterocycles. The van der Waals surface area contributed by atoms with Crippen LogP contribution in [0.4, 0.5) is 0 Å². The standard InChI is InChI=1S/C15H19NO4S/c1-10-8-13(21-12(10)5-6-14(17)18)15(19)16-7-3-4-11(9-16)20-2/h5-6,8,11H,3-4,7,9H2,1-2H3,(H,17,18)/b6-5+. The lowest BCUT2D eigenvalue weighted by Gasteiger charge is -2.31. The smallest absolute Gasteiger partial charge is 0.328 e. The Labute approximate surface area is 127 Å². The Morgan fingerprint density at radius 2 is 2.29 bits per heavy atom. The van der Waals surface area contributed by atoms with Crippen molar-refractivity contribution in [1.29, 1.82) is 0 Å². The Hall–Kier alpha value is -1.66. The van der Waals surface area contributed by atoms with Crippen LogP contribution in [0.25, 0.3) is 6.08 Å². The number of ether oxygens (including phenoxy) is 1. The maximum atomic E-state index is 12.5. The van der Waals surface area contributed by atoms with Gasteiger partial charge in [-0.2, -0.15) is 0 Å². The van der Waals surface area contributed by atoms with Gasteiger partial charge < -0.3 is 14.7 Å². The van der Waals surface area contributed by atoms with Crippen molar-refractivity contribution in [2.75, 3.05) is 20.2 Å². The van der Waals surface area contributed by atoms with Crippen LogP contribution in [0, 0.1) is 6.92 Å². The summed E-state index contributed by atoms with van der Waals surface area (Å²) in [4.78, 5) is 26.3. The lowest BCUT2D eigenvalue weighted by Crippen LogP contribution is -2.42. The van der Waals surface area contributed by atoms with E-state index in [-0.39, 0.29) is 12.0 Å². The van der Waals surface area contributed by atoms with Crippen LogP contribution in [-0.4, -0.2) is 48.2 Å². The largest absolute Gasteiger partial charge is 0.478 e. The van der Waals surface area contributed by atoms with Gasteiger partial charge in [0.15, 0.2) is 0 Å². The Morgan fingerprint density at radius 1 is 1.52 bits per heavy atom. The molecule has 1 unspecified atom stereocenters. The highest BCUT2D eigenvalue weighted by molar-refractivity contribution is 7.15. The summed E-state index contributed by atoms with van der Waals surface area (Å²) < 4.78 is 5.33. The highest BCUT2D eigenvalue weighted by Gasteiger charge is 2.25. The highest BCUT2D eigenvalue weighted by Crippen LogP contribution is 2.26. The van der Waals surface area contributed by atoms with Crippen molar-refractivity contribution in [1.82, 2.24) is 4.90 Å². The average Bonchev–Trinajstić information content (AvgIpc) is 2.85. The van der Waals surface area contributed by atoms with Crippen molar-refractivity contribution in [2.45, 2.75) is 25.9 Å². The van der Waals surface area contributed by atoms with E-state index in [4.69, 9.17) is 9.84 Å². The second-order valence-corrected chi connectivity index (χ2v) is 6.16. The number of carbonyl (C=O) groups is 2. The molecule has 0 saturated carbocycles. The third-order valence-corrected chi connectivity index (χ3v) is 4.73. The number of hydrogen-bond donors (Lipinski definition) is 1. The second-order valence-electron chi connectivity index (χ2n) is 5.08. The topological polar surface area (TPSA) is 66.8 Å². The molecule has 1 aliphatic rings. The van der Waals surface area contributed by atoms with Gasteiger partial charge in [-0.15, -0.1) is 11.3 Å². The summed E-state index contributed by atoms with van der Waals surface area (Å²) in [6.45, 7) is 3.24. The molecule has 114 valence electrons. The summed E-state index contributed by atoms with van der Waals surface area (Å²) in [5, 5.41) is 8.67. The zero-order chi connectivity index (χ0) is 15.4. The number of nitrogens with zero attached hydrogens (tertiary/aromatic N) is 1. The molecule has 1 atom stereocenters. The maximum absolute atomic E-state index is 12.5. The van der Waals surface area contributed by atoms with E-state index in [9.17, 15) is 9.59 Å². The number of aliphatic carboxylic acids is 1. The number of thiophene rings is 1. The molecule has 21 heavy (non-hydrogen) atoms. The number of amides is 1. The molecule has 0 bridgehead atoms. The molecular weight excluding hydrogens is 290 g/mol. The van der Waals surface area contributed by atoms with E-state index >= 15 is 0 Å². The molecule has 0 aliphatic carbocycles. The predicted octanol–water partition coefficient (Wildman–Crippen LogP) is 2.41. The molecule has 1 N–H and O–H groups in total. The zero-order valence-corrected chi connectivity index (χ0v) is 13.0. The van der Waals surface area contributed by atoms with Crippen molar-refractivity contribution >= 4 is 29.3 Å². The van der Waals surface area contributed by atoms with Gasteiger partial charge in [-0.05, 0) is 37.5 Å². The molecule has 6 heteroatoms. The number of rotatable bonds is 4. The molecule has 1 fully saturated rings. The van der Waals surface area contributed by atoms with E-state index in [0.29, 0.717) is 11.4 Å². The van der Waals surface area contributed by atoms with E-state index in [0.717, 1.165) is 35.9 Å². The Kier molecular flexibility index (Phi) is 5.14. The van der Waals surface area contributed by atoms with Gasteiger partial charge >= 0.3 is 5.97 Å². The molecular formula is C15H19NO4S. The van der Waals surface area contributed by atoms with E-state index < -0.39 is 5.97 Å². The lowest BCUT2D eigenvalue weighted by atomic mass is 10.1. The van der Waals surface area contributed by atoms with Gasteiger partial charge in [-0.1, -0.05) is 0 Å². The average molecular weight is 309 g/mol. The SMILES string of the molecule is COC1CCCN(C(=O)c2cc(C)c(/C=C/C(=O)O)s2)C1. The maximum Gasteiger partial charge on any atom is 0.328 e. The van der Waals surface area contributed by atoms with E-state index in [1.165, 1.54) is 17.4 Å². The minimum Gasteiger partial charge on any atom is -0.478 e. The highest BCUT2D eigenvalue weighted by atomic mass is 32.1. The first kappa shape index (κ1) is 15.7. The Morgan fingerprint density at radius 3 is 2.95 bits per heavy atom. The van der Waals surface area contributed by atoms with Crippen molar-refractivity contribution in [3.63, 3.8) is 0 Å². The minimum absolute atomic E-state index is 0.000162. The number of carboxylic acids is 1. The van der Waals surface area contributed by atoms with Crippen molar-refractivity contribution in [3.8, 4) is 0 Å². The summed E-state index contributed by atoms with van der Waals surface area (Å²) in [6, 6.07) is 1.82. The monoisotopic (exact) mass is 309 g/mol. The normalized spacial score (nSPS) is 19.1. The number of hydrogen-bond acceptors (Lipinski definition) is 4. The van der Waals surface area contributed by atoms with Crippen LogP contribution in [0.5, 0.6) is 0 Å². The van der Waals surface area contributed by atoms with Crippen LogP contribution in [0.15, 0.2) is 12.1 Å². The van der Waals surface area contributed by atoms with E-state index in [2.05, 4.69) is 0 Å². The molecule has 0 spiro atoms. The van der Waals surface area contributed by atoms with Gasteiger partial charge in [0.05, 0.1) is 11.0 Å². The van der Waals surface area contributed by atoms with Gasteiger partial charge in [0, 0.05) is 31.2 Å². The number of aryl methyl sites for hydroxylation is 1. The van der Waals surface area contributed by atoms with Crippen molar-refractivity contribution in [2.24, 2.45) is 0 Å². The fraction of sp³-hybridized carbons (Fsp3) is 0.467. The third-order valence-electron chi connectivity index (χ3n) is 3.54. The second kappa shape index (κ2) is 6.87. The predicted molar refractivity (Wildman–Crippen MR) is 81.7 cm³/mol. The van der Waals surface area contributed by atoms with Gasteiger partial charge in [0.1, 0.15) is 0 Å². The molecule has 1 aromatic rings. The summed E-state index contributed by atoms with van der Waals surface area (Å²) in [7, 11) is 1.67. The molecule has 5 nitrogen and oxygen atoms in total. The molecule has 0 radical (unpaired) electrons. The van der Waals surface area contributed by atoms with Crippen molar-refractivity contribution < 1.29 is 19.4 Å². The third kappa shape index (κ3) is 3.92. The number of carboxylic acid groups (broad SMARTS) is 1. The first-order valence-corrected chi connectivity index (χ1v) is 7.66. The summed E-state index contributed by atoms with van der Waals surface area (Å²) in [5.74, 6) is -0.991. The molecule has 1 saturated heterocycles. The Bertz CT molecular complexity index is 564. The van der Waals surface area contributed by atoms with Crippen LogP contribution >= 0.6 is 11.3 Å². The number of likely N-dealkylation sites (tertiary alicyclic amines) is 1. The van der Waals surface area contributed by atoms with Crippen LogP contribution < -0.4 is 0 Å². The first-order valence-electron chi connectivity index (χ1n) is 6.84. The quantitative estimate of drug-likeness (QED) is 0.867. The Balaban J connectivity index is 2.12. The van der Waals surface area contributed by atoms with Crippen LogP contribution in [0.3, 0.4) is 0 Å². The van der Waals surface area contributed by atoms with Crippen LogP contribution in [0.1, 0.15) is 33.0 Å². The number of methoxy groups -OCH3 is 1. The van der Waals surface area contributed by atoms with E-state index in [1.807, 2.05) is 17.9 Å². The van der Waals surface area contributed by atoms with E-state index in [1.54, 1.807) is 7.11 Å². The lowest BCUT2D eigenvalue weighted by molar-refractivity contribution is -0.131. The molecule has 1 amide bonds. The summed E-state index contributed by atoms with van der Waals surface area (Å²) in [5.41, 5.74) is 0.918. The summed E-state index contributed by atoms with van der Waals surface area (Å²) in [6.07, 6.45) is 4.66. The van der Waals surface area contributed by atoms with Gasteiger partial charge in [-0.3, -0.25) is 4.79 Å². The van der Waals surface area contributed by atoms with Crippen LogP contribution in [0.2, 0.25) is 0 Å². The molecule has 2 rings (SSSR count).